The van der Waals surface area contributed by atoms with Gasteiger partial charge in [-0.3, -0.25) is 4.79 Å². The van der Waals surface area contributed by atoms with E-state index in [0.29, 0.717) is 18.9 Å². The molecule has 1 atom stereocenters. The van der Waals surface area contributed by atoms with Crippen LogP contribution in [0.25, 0.3) is 0 Å². The Kier molecular flexibility index (Phi) is 7.38. The molecule has 0 fully saturated rings. The third-order valence-corrected chi connectivity index (χ3v) is 5.21. The van der Waals surface area contributed by atoms with Gasteiger partial charge in [0.15, 0.2) is 0 Å². The summed E-state index contributed by atoms with van der Waals surface area (Å²) in [6.45, 7) is 9.00. The fraction of sp³-hybridized carbons (Fsp3) is 0.429. The number of hydrogen-bond acceptors (Lipinski definition) is 4. The molecule has 0 aliphatic heterocycles. The van der Waals surface area contributed by atoms with Gasteiger partial charge in [0, 0.05) is 23.2 Å². The molecule has 1 unspecified atom stereocenters. The lowest BCUT2D eigenvalue weighted by Crippen LogP contribution is -2.40. The molecular formula is C21H27N3OS. The van der Waals surface area contributed by atoms with Crippen molar-refractivity contribution in [3.63, 3.8) is 0 Å². The minimum atomic E-state index is -0.00699. The lowest BCUT2D eigenvalue weighted by Gasteiger charge is -2.26. The van der Waals surface area contributed by atoms with Crippen molar-refractivity contribution in [1.82, 2.24) is 5.32 Å². The Hall–Kier alpha value is -2.16. The molecule has 1 amide bonds. The Morgan fingerprint density at radius 3 is 2.50 bits per heavy atom. The Balaban J connectivity index is 2.14. The highest BCUT2D eigenvalue weighted by Crippen LogP contribution is 2.26. The van der Waals surface area contributed by atoms with E-state index in [1.807, 2.05) is 32.0 Å². The van der Waals surface area contributed by atoms with Gasteiger partial charge in [0.05, 0.1) is 19.0 Å². The zero-order valence-corrected chi connectivity index (χ0v) is 16.8. The molecular weight excluding hydrogens is 342 g/mol. The van der Waals surface area contributed by atoms with Crippen molar-refractivity contribution in [2.75, 3.05) is 18.0 Å². The largest absolute Gasteiger partial charge is 0.310 e. The summed E-state index contributed by atoms with van der Waals surface area (Å²) in [5.41, 5.74) is 3.09. The van der Waals surface area contributed by atoms with Gasteiger partial charge in [-0.1, -0.05) is 26.0 Å². The monoisotopic (exact) mass is 369 g/mol. The second-order valence-corrected chi connectivity index (χ2v) is 7.90. The zero-order chi connectivity index (χ0) is 19.1. The van der Waals surface area contributed by atoms with E-state index < -0.39 is 0 Å². The summed E-state index contributed by atoms with van der Waals surface area (Å²) in [5, 5.41) is 14.4. The summed E-state index contributed by atoms with van der Waals surface area (Å²) in [6, 6.07) is 12.5. The van der Waals surface area contributed by atoms with Crippen molar-refractivity contribution in [3.8, 4) is 6.07 Å². The first-order valence-electron chi connectivity index (χ1n) is 8.94. The quantitative estimate of drug-likeness (QED) is 0.740. The van der Waals surface area contributed by atoms with Crippen LogP contribution in [0.5, 0.6) is 0 Å². The maximum Gasteiger partial charge on any atom is 0.240 e. The molecule has 1 heterocycles. The number of rotatable bonds is 8. The summed E-state index contributed by atoms with van der Waals surface area (Å²) in [4.78, 5) is 15.9. The highest BCUT2D eigenvalue weighted by molar-refractivity contribution is 7.10. The molecule has 1 aromatic heterocycles. The SMILES string of the molecule is Cc1cc(C)cc(N(CCC#N)C(=O)CNC(c2cccs2)C(C)C)c1. The number of carbonyl (C=O) groups excluding carboxylic acids is 1. The predicted octanol–water partition coefficient (Wildman–Crippen LogP) is 4.60. The van der Waals surface area contributed by atoms with Crippen LogP contribution in [0.2, 0.25) is 0 Å². The molecule has 5 heteroatoms. The molecule has 0 bridgehead atoms. The van der Waals surface area contributed by atoms with E-state index in [4.69, 9.17) is 5.26 Å². The summed E-state index contributed by atoms with van der Waals surface area (Å²) in [5.74, 6) is 0.377. The summed E-state index contributed by atoms with van der Waals surface area (Å²) in [7, 11) is 0. The van der Waals surface area contributed by atoms with Crippen LogP contribution < -0.4 is 10.2 Å². The van der Waals surface area contributed by atoms with Gasteiger partial charge < -0.3 is 10.2 Å². The zero-order valence-electron chi connectivity index (χ0n) is 16.0. The molecule has 4 nitrogen and oxygen atoms in total. The second-order valence-electron chi connectivity index (χ2n) is 6.92. The molecule has 0 aliphatic carbocycles. The first-order chi connectivity index (χ1) is 12.4. The predicted molar refractivity (Wildman–Crippen MR) is 108 cm³/mol. The molecule has 0 saturated heterocycles. The van der Waals surface area contributed by atoms with Crippen molar-refractivity contribution in [2.45, 2.75) is 40.2 Å². The number of aryl methyl sites for hydroxylation is 2. The van der Waals surface area contributed by atoms with Gasteiger partial charge in [-0.15, -0.1) is 11.3 Å². The van der Waals surface area contributed by atoms with Crippen LogP contribution in [0, 0.1) is 31.1 Å². The van der Waals surface area contributed by atoms with Crippen LogP contribution in [0.1, 0.15) is 42.3 Å². The van der Waals surface area contributed by atoms with Gasteiger partial charge >= 0.3 is 0 Å². The molecule has 0 spiro atoms. The lowest BCUT2D eigenvalue weighted by molar-refractivity contribution is -0.118. The molecule has 2 rings (SSSR count). The average Bonchev–Trinajstić information content (AvgIpc) is 3.08. The average molecular weight is 370 g/mol. The van der Waals surface area contributed by atoms with Crippen molar-refractivity contribution in [1.29, 1.82) is 5.26 Å². The molecule has 0 saturated carbocycles. The number of amides is 1. The highest BCUT2D eigenvalue weighted by Gasteiger charge is 2.21. The van der Waals surface area contributed by atoms with Crippen LogP contribution in [0.3, 0.4) is 0 Å². The van der Waals surface area contributed by atoms with Crippen LogP contribution in [0.15, 0.2) is 35.7 Å². The maximum atomic E-state index is 12.9. The van der Waals surface area contributed by atoms with Gasteiger partial charge in [-0.2, -0.15) is 5.26 Å². The topological polar surface area (TPSA) is 56.1 Å². The second kappa shape index (κ2) is 9.51. The van der Waals surface area contributed by atoms with E-state index in [0.717, 1.165) is 16.8 Å². The number of carbonyl (C=O) groups is 1. The smallest absolute Gasteiger partial charge is 0.240 e. The van der Waals surface area contributed by atoms with Gasteiger partial charge in [-0.05, 0) is 54.5 Å². The number of nitrogens with one attached hydrogen (secondary N) is 1. The lowest BCUT2D eigenvalue weighted by atomic mass is 10.0. The maximum absolute atomic E-state index is 12.9. The number of nitrogens with zero attached hydrogens (tertiary/aromatic N) is 2. The molecule has 26 heavy (non-hydrogen) atoms. The number of nitriles is 1. The van der Waals surface area contributed by atoms with E-state index in [1.165, 1.54) is 4.88 Å². The molecule has 138 valence electrons. The minimum absolute atomic E-state index is 0.00699. The normalized spacial score (nSPS) is 12.0. The Morgan fingerprint density at radius 2 is 1.96 bits per heavy atom. The number of thiophene rings is 1. The molecule has 0 aliphatic rings. The van der Waals surface area contributed by atoms with Crippen molar-refractivity contribution in [2.24, 2.45) is 5.92 Å². The standard InChI is InChI=1S/C21H27N3OS/c1-15(2)21(19-7-5-10-26-19)23-14-20(25)24(9-6-8-22)18-12-16(3)11-17(4)13-18/h5,7,10-13,15,21,23H,6,9,14H2,1-4H3. The highest BCUT2D eigenvalue weighted by atomic mass is 32.1. The van der Waals surface area contributed by atoms with Gasteiger partial charge in [0.25, 0.3) is 0 Å². The third-order valence-electron chi connectivity index (χ3n) is 4.26. The van der Waals surface area contributed by atoms with E-state index in [-0.39, 0.29) is 18.5 Å². The summed E-state index contributed by atoms with van der Waals surface area (Å²) in [6.07, 6.45) is 0.317. The first-order valence-corrected chi connectivity index (χ1v) is 9.82. The van der Waals surface area contributed by atoms with Gasteiger partial charge in [0.1, 0.15) is 0 Å². The van der Waals surface area contributed by atoms with Crippen LogP contribution >= 0.6 is 11.3 Å². The fourth-order valence-electron chi connectivity index (χ4n) is 3.09. The van der Waals surface area contributed by atoms with E-state index >= 15 is 0 Å². The molecule has 2 aromatic rings. The Bertz CT molecular complexity index is 742. The number of benzene rings is 1. The molecule has 1 aromatic carbocycles. The summed E-state index contributed by atoms with van der Waals surface area (Å²) < 4.78 is 0. The van der Waals surface area contributed by atoms with Gasteiger partial charge in [0.2, 0.25) is 5.91 Å². The van der Waals surface area contributed by atoms with E-state index in [2.05, 4.69) is 42.7 Å². The van der Waals surface area contributed by atoms with Crippen molar-refractivity contribution >= 4 is 22.9 Å². The summed E-state index contributed by atoms with van der Waals surface area (Å²) >= 11 is 1.70. The Labute approximate surface area is 160 Å². The first kappa shape index (κ1) is 20.2. The minimum Gasteiger partial charge on any atom is -0.310 e. The molecule has 0 radical (unpaired) electrons. The third kappa shape index (κ3) is 5.42. The van der Waals surface area contributed by atoms with E-state index in [9.17, 15) is 4.79 Å². The van der Waals surface area contributed by atoms with Crippen molar-refractivity contribution < 1.29 is 4.79 Å². The van der Waals surface area contributed by atoms with Crippen molar-refractivity contribution in [3.05, 3.63) is 51.7 Å². The van der Waals surface area contributed by atoms with Crippen LogP contribution in [-0.2, 0) is 4.79 Å². The van der Waals surface area contributed by atoms with Gasteiger partial charge in [-0.25, -0.2) is 0 Å². The van der Waals surface area contributed by atoms with Crippen LogP contribution in [-0.4, -0.2) is 19.0 Å². The molecule has 1 N–H and O–H groups in total. The number of hydrogen-bond donors (Lipinski definition) is 1. The Morgan fingerprint density at radius 1 is 1.27 bits per heavy atom. The fourth-order valence-corrected chi connectivity index (χ4v) is 4.07. The number of anilines is 1. The van der Waals surface area contributed by atoms with Crippen LogP contribution in [0.4, 0.5) is 5.69 Å². The van der Waals surface area contributed by atoms with E-state index in [1.54, 1.807) is 16.2 Å².